The molecule has 17 heavy (non-hydrogen) atoms. The highest BCUT2D eigenvalue weighted by atomic mass is 31.2. The van der Waals surface area contributed by atoms with E-state index in [1.165, 1.54) is 0 Å². The normalized spacial score (nSPS) is 21.5. The van der Waals surface area contributed by atoms with Crippen molar-refractivity contribution in [3.8, 4) is 0 Å². The lowest BCUT2D eigenvalue weighted by atomic mass is 10.3. The number of halogens is 6. The Morgan fingerprint density at radius 2 is 1.41 bits per heavy atom. The Morgan fingerprint density at radius 1 is 1.06 bits per heavy atom. The van der Waals surface area contributed by atoms with Crippen LogP contribution in [0.1, 0.15) is 0 Å². The van der Waals surface area contributed by atoms with E-state index >= 15 is 0 Å². The first-order valence-electron chi connectivity index (χ1n) is 3.45. The van der Waals surface area contributed by atoms with Crippen molar-refractivity contribution in [3.63, 3.8) is 0 Å². The van der Waals surface area contributed by atoms with Crippen LogP contribution >= 0.6 is 7.82 Å². The molecule has 1 atom stereocenters. The smallest absolute Gasteiger partial charge is 0.303 e. The summed E-state index contributed by atoms with van der Waals surface area (Å²) >= 11 is 0. The number of hydrogen-bond donors (Lipinski definition) is 3. The number of nitrogens with zero attached hydrogens (tertiary/aromatic N) is 1. The largest absolute Gasteiger partial charge is 0.466 e. The second-order valence-electron chi connectivity index (χ2n) is 2.43. The highest BCUT2D eigenvalue weighted by Gasteiger charge is 2.38. The third kappa shape index (κ3) is 4.77. The van der Waals surface area contributed by atoms with Crippen molar-refractivity contribution in [2.45, 2.75) is 6.30 Å². The summed E-state index contributed by atoms with van der Waals surface area (Å²) < 4.78 is 81.1. The molecule has 1 aliphatic rings. The van der Waals surface area contributed by atoms with Crippen molar-refractivity contribution in [2.75, 3.05) is 0 Å². The molecule has 0 bridgehead atoms. The molecule has 12 heteroatoms. The summed E-state index contributed by atoms with van der Waals surface area (Å²) in [4.78, 5) is 21.6. The van der Waals surface area contributed by atoms with Crippen LogP contribution < -0.4 is 0 Å². The predicted molar refractivity (Wildman–Crippen MR) is 40.6 cm³/mol. The zero-order valence-corrected chi connectivity index (χ0v) is 8.38. The summed E-state index contributed by atoms with van der Waals surface area (Å²) in [5, 5.41) is -1.48. The van der Waals surface area contributed by atoms with Crippen LogP contribution in [0, 0.1) is 0 Å². The van der Waals surface area contributed by atoms with Crippen LogP contribution in [0.2, 0.25) is 0 Å². The Kier molecular flexibility index (Phi) is 5.20. The molecule has 0 spiro atoms. The van der Waals surface area contributed by atoms with Crippen molar-refractivity contribution < 1.29 is 45.7 Å². The molecule has 0 saturated carbocycles. The van der Waals surface area contributed by atoms with Gasteiger partial charge in [0.05, 0.1) is 0 Å². The zero-order valence-electron chi connectivity index (χ0n) is 7.49. The van der Waals surface area contributed by atoms with Gasteiger partial charge in [-0.3, -0.25) is 0 Å². The van der Waals surface area contributed by atoms with Crippen molar-refractivity contribution in [3.05, 3.63) is 23.4 Å². The molecule has 0 saturated heterocycles. The van der Waals surface area contributed by atoms with Gasteiger partial charge in [-0.15, -0.1) is 5.12 Å². The Balaban J connectivity index is 0.000000437. The van der Waals surface area contributed by atoms with Gasteiger partial charge in [0.25, 0.3) is 12.2 Å². The standard InChI is InChI=1S/C5HF6N.H3O4P/c6-1-2(7)4(9)12(11)5(10)3(1)8;1-5(2,3)4/h4H;(H3,1,2,3,4). The van der Waals surface area contributed by atoms with Crippen molar-refractivity contribution in [1.29, 1.82) is 0 Å². The van der Waals surface area contributed by atoms with Gasteiger partial charge in [-0.2, -0.15) is 8.78 Å². The van der Waals surface area contributed by atoms with Crippen molar-refractivity contribution >= 4 is 7.82 Å². The minimum absolute atomic E-state index is 1.48. The van der Waals surface area contributed by atoms with Crippen LogP contribution in [0.15, 0.2) is 23.4 Å². The highest BCUT2D eigenvalue weighted by Crippen LogP contribution is 2.35. The molecule has 1 aliphatic heterocycles. The summed E-state index contributed by atoms with van der Waals surface area (Å²) in [6, 6.07) is 0. The maximum Gasteiger partial charge on any atom is 0.466 e. The number of allylic oxidation sites excluding steroid dienone is 2. The molecule has 0 fully saturated rings. The van der Waals surface area contributed by atoms with Gasteiger partial charge >= 0.3 is 7.82 Å². The average molecular weight is 287 g/mol. The molecule has 0 aromatic heterocycles. The maximum atomic E-state index is 12.1. The van der Waals surface area contributed by atoms with Gasteiger partial charge in [-0.25, -0.2) is 17.7 Å². The van der Waals surface area contributed by atoms with Crippen LogP contribution in [0.3, 0.4) is 0 Å². The van der Waals surface area contributed by atoms with Gasteiger partial charge in [-0.1, -0.05) is 4.48 Å². The van der Waals surface area contributed by atoms with Crippen LogP contribution in [0.5, 0.6) is 0 Å². The highest BCUT2D eigenvalue weighted by molar-refractivity contribution is 7.45. The van der Waals surface area contributed by atoms with E-state index in [9.17, 15) is 26.4 Å². The fourth-order valence-corrected chi connectivity index (χ4v) is 0.593. The van der Waals surface area contributed by atoms with E-state index in [4.69, 9.17) is 19.2 Å². The maximum absolute atomic E-state index is 12.1. The minimum Gasteiger partial charge on any atom is -0.303 e. The molecule has 1 unspecified atom stereocenters. The van der Waals surface area contributed by atoms with Gasteiger partial charge in [0, 0.05) is 0 Å². The first kappa shape index (κ1) is 16.0. The zero-order chi connectivity index (χ0) is 14.0. The molecule has 1 rings (SSSR count). The molecule has 5 nitrogen and oxygen atoms in total. The van der Waals surface area contributed by atoms with E-state index < -0.39 is 42.7 Å². The van der Waals surface area contributed by atoms with Crippen LogP contribution in [0.25, 0.3) is 0 Å². The van der Waals surface area contributed by atoms with Gasteiger partial charge in [0.2, 0.25) is 5.83 Å². The lowest BCUT2D eigenvalue weighted by Gasteiger charge is -2.19. The molecule has 0 aromatic rings. The summed E-state index contributed by atoms with van der Waals surface area (Å²) in [6.45, 7) is 0. The molecular formula is C5H4F6NO4P. The molecule has 0 radical (unpaired) electrons. The number of rotatable bonds is 0. The second-order valence-corrected chi connectivity index (χ2v) is 3.45. The summed E-state index contributed by atoms with van der Waals surface area (Å²) in [6.07, 6.45) is -3.26. The van der Waals surface area contributed by atoms with E-state index in [0.717, 1.165) is 0 Å². The average Bonchev–Trinajstić information content (AvgIpc) is 2.18. The van der Waals surface area contributed by atoms with Crippen LogP contribution in [-0.2, 0) is 4.57 Å². The lowest BCUT2D eigenvalue weighted by molar-refractivity contribution is -0.0675. The molecule has 0 aliphatic carbocycles. The van der Waals surface area contributed by atoms with Gasteiger partial charge in [0.1, 0.15) is 0 Å². The first-order chi connectivity index (χ1) is 7.46. The number of alkyl halides is 1. The Bertz CT molecular complexity index is 369. The van der Waals surface area contributed by atoms with E-state index in [0.29, 0.717) is 0 Å². The van der Waals surface area contributed by atoms with Crippen molar-refractivity contribution in [1.82, 2.24) is 5.12 Å². The van der Waals surface area contributed by atoms with Crippen LogP contribution in [-0.4, -0.2) is 26.1 Å². The second kappa shape index (κ2) is 5.54. The molecule has 0 aromatic carbocycles. The molecule has 100 valence electrons. The topological polar surface area (TPSA) is 81.0 Å². The molecular weight excluding hydrogens is 283 g/mol. The summed E-state index contributed by atoms with van der Waals surface area (Å²) in [7, 11) is -4.64. The van der Waals surface area contributed by atoms with Crippen molar-refractivity contribution in [2.24, 2.45) is 0 Å². The molecule has 0 amide bonds. The monoisotopic (exact) mass is 287 g/mol. The molecule has 3 N–H and O–H groups in total. The summed E-state index contributed by atoms with van der Waals surface area (Å²) in [5.41, 5.74) is 0. The Hall–Kier alpha value is -1.03. The van der Waals surface area contributed by atoms with E-state index in [1.54, 1.807) is 0 Å². The van der Waals surface area contributed by atoms with E-state index in [1.807, 2.05) is 0 Å². The first-order valence-corrected chi connectivity index (χ1v) is 5.01. The van der Waals surface area contributed by atoms with Gasteiger partial charge in [0.15, 0.2) is 11.7 Å². The Morgan fingerprint density at radius 3 is 1.76 bits per heavy atom. The quantitative estimate of drug-likeness (QED) is 0.274. The summed E-state index contributed by atoms with van der Waals surface area (Å²) in [5.74, 6) is -9.48. The van der Waals surface area contributed by atoms with Crippen LogP contribution in [0.4, 0.5) is 26.4 Å². The Labute approximate surface area is 89.4 Å². The van der Waals surface area contributed by atoms with E-state index in [-0.39, 0.29) is 0 Å². The minimum atomic E-state index is -4.64. The number of hydrogen-bond acceptors (Lipinski definition) is 2. The van der Waals surface area contributed by atoms with Gasteiger partial charge < -0.3 is 14.7 Å². The molecule has 1 heterocycles. The fraction of sp³-hybridized carbons (Fsp3) is 0.200. The lowest BCUT2D eigenvalue weighted by Crippen LogP contribution is -2.27. The SMILES string of the molecule is FC1=C(F)C(F)N(F)C(F)=C1F.O=P(O)(O)O. The third-order valence-corrected chi connectivity index (χ3v) is 1.18. The predicted octanol–water partition coefficient (Wildman–Crippen LogP) is 1.81. The number of phosphoric acid groups is 1. The van der Waals surface area contributed by atoms with Gasteiger partial charge in [-0.05, 0) is 0 Å². The van der Waals surface area contributed by atoms with E-state index in [2.05, 4.69) is 0 Å². The third-order valence-electron chi connectivity index (χ3n) is 1.18. The fourth-order valence-electron chi connectivity index (χ4n) is 0.593.